The SMILES string of the molecule is CCOc1cc(CNc2ccc(F)c(Cl)c2)cc(Br)c1OCc1ccccc1. The first kappa shape index (κ1) is 20.5. The molecule has 0 heterocycles. The Morgan fingerprint density at radius 2 is 1.79 bits per heavy atom. The molecule has 0 fully saturated rings. The van der Waals surface area contributed by atoms with Gasteiger partial charge in [-0.15, -0.1) is 0 Å². The summed E-state index contributed by atoms with van der Waals surface area (Å²) in [6, 6.07) is 18.4. The fourth-order valence-electron chi connectivity index (χ4n) is 2.67. The second-order valence-electron chi connectivity index (χ2n) is 6.09. The van der Waals surface area contributed by atoms with Gasteiger partial charge in [-0.1, -0.05) is 41.9 Å². The molecule has 1 N–H and O–H groups in total. The highest BCUT2D eigenvalue weighted by atomic mass is 79.9. The van der Waals surface area contributed by atoms with Crippen LogP contribution in [0.3, 0.4) is 0 Å². The minimum atomic E-state index is -0.437. The van der Waals surface area contributed by atoms with Crippen molar-refractivity contribution in [3.05, 3.63) is 87.1 Å². The Morgan fingerprint density at radius 1 is 1.00 bits per heavy atom. The van der Waals surface area contributed by atoms with E-state index >= 15 is 0 Å². The molecule has 0 saturated carbocycles. The van der Waals surface area contributed by atoms with Gasteiger partial charge in [0.05, 0.1) is 16.1 Å². The average Bonchev–Trinajstić information content (AvgIpc) is 2.69. The fraction of sp³-hybridized carbons (Fsp3) is 0.182. The van der Waals surface area contributed by atoms with Gasteiger partial charge in [0.2, 0.25) is 0 Å². The third kappa shape index (κ3) is 5.40. The van der Waals surface area contributed by atoms with Crippen molar-refractivity contribution in [3.63, 3.8) is 0 Å². The zero-order valence-electron chi connectivity index (χ0n) is 15.3. The van der Waals surface area contributed by atoms with E-state index < -0.39 is 5.82 Å². The van der Waals surface area contributed by atoms with Crippen LogP contribution < -0.4 is 14.8 Å². The molecule has 28 heavy (non-hydrogen) atoms. The van der Waals surface area contributed by atoms with Crippen LogP contribution in [-0.2, 0) is 13.2 Å². The topological polar surface area (TPSA) is 30.5 Å². The number of ether oxygens (including phenoxy) is 2. The second-order valence-corrected chi connectivity index (χ2v) is 7.36. The van der Waals surface area contributed by atoms with Gasteiger partial charge in [0.25, 0.3) is 0 Å². The summed E-state index contributed by atoms with van der Waals surface area (Å²) in [5.41, 5.74) is 2.81. The summed E-state index contributed by atoms with van der Waals surface area (Å²) in [5.74, 6) is 0.898. The zero-order valence-corrected chi connectivity index (χ0v) is 17.7. The van der Waals surface area contributed by atoms with Crippen molar-refractivity contribution in [2.75, 3.05) is 11.9 Å². The predicted octanol–water partition coefficient (Wildman–Crippen LogP) is 6.83. The summed E-state index contributed by atoms with van der Waals surface area (Å²) in [6.07, 6.45) is 0. The van der Waals surface area contributed by atoms with Crippen LogP contribution in [-0.4, -0.2) is 6.61 Å². The minimum absolute atomic E-state index is 0.0887. The van der Waals surface area contributed by atoms with E-state index in [0.717, 1.165) is 21.3 Å². The highest BCUT2D eigenvalue weighted by Crippen LogP contribution is 2.37. The average molecular weight is 465 g/mol. The Kier molecular flexibility index (Phi) is 7.18. The standard InChI is InChI=1S/C22H20BrClFNO2/c1-2-27-21-11-16(13-26-17-8-9-20(25)19(24)12-17)10-18(23)22(21)28-14-15-6-4-3-5-7-15/h3-12,26H,2,13-14H2,1H3. The van der Waals surface area contributed by atoms with E-state index in [1.165, 1.54) is 6.07 Å². The van der Waals surface area contributed by atoms with Crippen LogP contribution in [0.5, 0.6) is 11.5 Å². The number of hydrogen-bond acceptors (Lipinski definition) is 3. The first-order valence-electron chi connectivity index (χ1n) is 8.87. The summed E-state index contributed by atoms with van der Waals surface area (Å²) in [7, 11) is 0. The van der Waals surface area contributed by atoms with E-state index in [9.17, 15) is 4.39 Å². The molecule has 0 radical (unpaired) electrons. The maximum atomic E-state index is 13.3. The molecule has 0 saturated heterocycles. The van der Waals surface area contributed by atoms with Crippen molar-refractivity contribution < 1.29 is 13.9 Å². The van der Waals surface area contributed by atoms with Gasteiger partial charge in [0.1, 0.15) is 12.4 Å². The number of halogens is 3. The van der Waals surface area contributed by atoms with E-state index in [1.807, 2.05) is 49.4 Å². The molecule has 3 rings (SSSR count). The Labute approximate surface area is 177 Å². The van der Waals surface area contributed by atoms with E-state index in [-0.39, 0.29) is 5.02 Å². The van der Waals surface area contributed by atoms with Crippen molar-refractivity contribution in [2.45, 2.75) is 20.1 Å². The molecule has 0 bridgehead atoms. The first-order valence-corrected chi connectivity index (χ1v) is 10.0. The van der Waals surface area contributed by atoms with E-state index in [2.05, 4.69) is 21.2 Å². The number of nitrogens with one attached hydrogen (secondary N) is 1. The maximum Gasteiger partial charge on any atom is 0.175 e. The van der Waals surface area contributed by atoms with Crippen molar-refractivity contribution in [3.8, 4) is 11.5 Å². The van der Waals surface area contributed by atoms with Crippen LogP contribution >= 0.6 is 27.5 Å². The van der Waals surface area contributed by atoms with Crippen LogP contribution in [0.2, 0.25) is 5.02 Å². The smallest absolute Gasteiger partial charge is 0.175 e. The number of hydrogen-bond donors (Lipinski definition) is 1. The number of rotatable bonds is 8. The Hall–Kier alpha value is -2.24. The van der Waals surface area contributed by atoms with Crippen LogP contribution in [0.4, 0.5) is 10.1 Å². The molecule has 3 aromatic carbocycles. The molecular formula is C22H20BrClFNO2. The van der Waals surface area contributed by atoms with Crippen molar-refractivity contribution >= 4 is 33.2 Å². The summed E-state index contributed by atoms with van der Waals surface area (Å²) in [5, 5.41) is 3.32. The summed E-state index contributed by atoms with van der Waals surface area (Å²) in [4.78, 5) is 0. The lowest BCUT2D eigenvalue weighted by atomic mass is 10.2. The van der Waals surface area contributed by atoms with Crippen LogP contribution in [0.1, 0.15) is 18.1 Å². The van der Waals surface area contributed by atoms with Crippen molar-refractivity contribution in [1.29, 1.82) is 0 Å². The summed E-state index contributed by atoms with van der Waals surface area (Å²) in [6.45, 7) is 3.43. The van der Waals surface area contributed by atoms with E-state index in [4.69, 9.17) is 21.1 Å². The molecule has 0 aliphatic carbocycles. The van der Waals surface area contributed by atoms with Crippen molar-refractivity contribution in [2.24, 2.45) is 0 Å². The van der Waals surface area contributed by atoms with Gasteiger partial charge < -0.3 is 14.8 Å². The lowest BCUT2D eigenvalue weighted by Crippen LogP contribution is -2.04. The van der Waals surface area contributed by atoms with Gasteiger partial charge in [-0.3, -0.25) is 0 Å². The molecule has 0 atom stereocenters. The number of anilines is 1. The molecule has 0 aliphatic heterocycles. The van der Waals surface area contributed by atoms with Crippen LogP contribution in [0.25, 0.3) is 0 Å². The molecule has 3 nitrogen and oxygen atoms in total. The molecule has 6 heteroatoms. The van der Waals surface area contributed by atoms with Crippen LogP contribution in [0, 0.1) is 5.82 Å². The van der Waals surface area contributed by atoms with E-state index in [1.54, 1.807) is 12.1 Å². The predicted molar refractivity (Wildman–Crippen MR) is 115 cm³/mol. The fourth-order valence-corrected chi connectivity index (χ4v) is 3.45. The highest BCUT2D eigenvalue weighted by Gasteiger charge is 2.13. The third-order valence-corrected chi connectivity index (χ3v) is 4.89. The molecule has 0 spiro atoms. The maximum absolute atomic E-state index is 13.3. The van der Waals surface area contributed by atoms with Crippen molar-refractivity contribution in [1.82, 2.24) is 0 Å². The second kappa shape index (κ2) is 9.80. The van der Waals surface area contributed by atoms with Crippen LogP contribution in [0.15, 0.2) is 65.1 Å². The molecular weight excluding hydrogens is 445 g/mol. The van der Waals surface area contributed by atoms with Gasteiger partial charge in [-0.2, -0.15) is 0 Å². The van der Waals surface area contributed by atoms with Gasteiger partial charge >= 0.3 is 0 Å². The van der Waals surface area contributed by atoms with E-state index in [0.29, 0.717) is 31.3 Å². The molecule has 3 aromatic rings. The molecule has 0 amide bonds. The number of benzene rings is 3. The van der Waals surface area contributed by atoms with Gasteiger partial charge in [0.15, 0.2) is 11.5 Å². The lowest BCUT2D eigenvalue weighted by Gasteiger charge is -2.16. The Morgan fingerprint density at radius 3 is 2.50 bits per heavy atom. The zero-order chi connectivity index (χ0) is 19.9. The van der Waals surface area contributed by atoms with Gasteiger partial charge in [-0.05, 0) is 64.3 Å². The van der Waals surface area contributed by atoms with Gasteiger partial charge in [-0.25, -0.2) is 4.39 Å². The Bertz CT molecular complexity index is 937. The Balaban J connectivity index is 1.74. The monoisotopic (exact) mass is 463 g/mol. The molecule has 0 aromatic heterocycles. The third-order valence-electron chi connectivity index (χ3n) is 4.01. The normalized spacial score (nSPS) is 10.6. The first-order chi connectivity index (χ1) is 13.6. The quantitative estimate of drug-likeness (QED) is 0.396. The largest absolute Gasteiger partial charge is 0.490 e. The minimum Gasteiger partial charge on any atom is -0.490 e. The molecule has 146 valence electrons. The lowest BCUT2D eigenvalue weighted by molar-refractivity contribution is 0.267. The molecule has 0 unspecified atom stereocenters. The summed E-state index contributed by atoms with van der Waals surface area (Å²) >= 11 is 9.42. The van der Waals surface area contributed by atoms with Gasteiger partial charge in [0, 0.05) is 12.2 Å². The summed E-state index contributed by atoms with van der Waals surface area (Å²) < 4.78 is 25.9. The highest BCUT2D eigenvalue weighted by molar-refractivity contribution is 9.10. The molecule has 0 aliphatic rings.